The van der Waals surface area contributed by atoms with E-state index in [1.54, 1.807) is 0 Å². The molecule has 0 saturated heterocycles. The van der Waals surface area contributed by atoms with Crippen molar-refractivity contribution in [2.24, 2.45) is 0 Å². The van der Waals surface area contributed by atoms with Crippen LogP contribution in [0.5, 0.6) is 0 Å². The van der Waals surface area contributed by atoms with E-state index >= 15 is 0 Å². The average Bonchev–Trinajstić information content (AvgIpc) is 1.69. The molecule has 0 heterocycles. The first kappa shape index (κ1) is 6.62. The summed E-state index contributed by atoms with van der Waals surface area (Å²) in [5.74, 6) is 5.83. The first-order chi connectivity index (χ1) is 3.41. The van der Waals surface area contributed by atoms with Gasteiger partial charge in [-0.3, -0.25) is 0 Å². The molecule has 36 valence electrons. The van der Waals surface area contributed by atoms with Crippen LogP contribution in [-0.2, 0) is 0 Å². The Bertz CT molecular complexity index is 75.9. The van der Waals surface area contributed by atoms with Crippen molar-refractivity contribution in [1.29, 1.82) is 0 Å². The lowest BCUT2D eigenvalue weighted by Gasteiger charge is -1.74. The van der Waals surface area contributed by atoms with Crippen molar-refractivity contribution in [3.05, 3.63) is 0 Å². The zero-order chi connectivity index (χ0) is 5.54. The van der Waals surface area contributed by atoms with Gasteiger partial charge in [0.1, 0.15) is 0 Å². The van der Waals surface area contributed by atoms with Crippen molar-refractivity contribution in [1.82, 2.24) is 0 Å². The fourth-order valence-electron chi connectivity index (χ4n) is 0.286. The first-order valence-electron chi connectivity index (χ1n) is 2.57. The Morgan fingerprint density at radius 3 is 2.57 bits per heavy atom. The van der Waals surface area contributed by atoms with Gasteiger partial charge in [-0.25, -0.2) is 0 Å². The molecule has 0 aromatic carbocycles. The molecule has 0 nitrogen and oxygen atoms in total. The van der Waals surface area contributed by atoms with E-state index < -0.39 is 0 Å². The van der Waals surface area contributed by atoms with Crippen LogP contribution in [-0.4, -0.2) is 7.85 Å². The van der Waals surface area contributed by atoms with Crippen molar-refractivity contribution < 1.29 is 0 Å². The molecule has 0 aliphatic heterocycles. The highest BCUT2D eigenvalue weighted by molar-refractivity contribution is 6.08. The summed E-state index contributed by atoms with van der Waals surface area (Å²) in [7, 11) is 5.17. The molecule has 0 rings (SSSR count). The van der Waals surface area contributed by atoms with Gasteiger partial charge < -0.3 is 0 Å². The predicted octanol–water partition coefficient (Wildman–Crippen LogP) is 1.38. The summed E-state index contributed by atoms with van der Waals surface area (Å²) in [5.41, 5.74) is 0. The van der Waals surface area contributed by atoms with Crippen LogP contribution < -0.4 is 0 Å². The smallest absolute Gasteiger partial charge is 0.0665 e. The maximum Gasteiger partial charge on any atom is 0.0665 e. The third kappa shape index (κ3) is 5.62. The van der Waals surface area contributed by atoms with Crippen LogP contribution in [0.25, 0.3) is 0 Å². The van der Waals surface area contributed by atoms with Gasteiger partial charge in [0, 0.05) is 12.8 Å². The van der Waals surface area contributed by atoms with Crippen molar-refractivity contribution in [2.45, 2.75) is 26.1 Å². The minimum absolute atomic E-state index is 0.688. The lowest BCUT2D eigenvalue weighted by molar-refractivity contribution is 1.23. The molecule has 0 aromatic rings. The van der Waals surface area contributed by atoms with E-state index in [4.69, 9.17) is 7.85 Å². The monoisotopic (exact) mass is 92.1 g/mol. The molecule has 2 radical (unpaired) electrons. The molecule has 0 saturated carbocycles. The van der Waals surface area contributed by atoms with E-state index in [9.17, 15) is 0 Å². The number of rotatable bonds is 1. The van der Waals surface area contributed by atoms with Gasteiger partial charge in [0.25, 0.3) is 0 Å². The van der Waals surface area contributed by atoms with Gasteiger partial charge in [-0.1, -0.05) is 13.2 Å². The second kappa shape index (κ2) is 5.62. The molecule has 0 amide bonds. The Morgan fingerprint density at radius 2 is 2.14 bits per heavy atom. The molecular weight excluding hydrogens is 82.9 g/mol. The Labute approximate surface area is 46.7 Å². The van der Waals surface area contributed by atoms with Crippen molar-refractivity contribution in [2.75, 3.05) is 0 Å². The normalized spacial score (nSPS) is 7.00. The lowest BCUT2D eigenvalue weighted by atomic mass is 10.0. The van der Waals surface area contributed by atoms with Crippen LogP contribution >= 0.6 is 0 Å². The second-order valence-electron chi connectivity index (χ2n) is 1.25. The first-order valence-corrected chi connectivity index (χ1v) is 2.57. The van der Waals surface area contributed by atoms with Crippen LogP contribution in [0.1, 0.15) is 19.8 Å². The van der Waals surface area contributed by atoms with E-state index in [0.29, 0.717) is 6.32 Å². The molecular formula is C6H9B. The predicted molar refractivity (Wildman–Crippen MR) is 33.2 cm³/mol. The summed E-state index contributed by atoms with van der Waals surface area (Å²) in [6, 6.07) is 0. The third-order valence-electron chi connectivity index (χ3n) is 0.571. The molecule has 0 N–H and O–H groups in total. The summed E-state index contributed by atoms with van der Waals surface area (Å²) in [4.78, 5) is 0. The Morgan fingerprint density at radius 1 is 1.43 bits per heavy atom. The minimum atomic E-state index is 0.688. The van der Waals surface area contributed by atoms with Crippen LogP contribution in [0.3, 0.4) is 0 Å². The fraction of sp³-hybridized carbons (Fsp3) is 0.667. The summed E-state index contributed by atoms with van der Waals surface area (Å²) in [6.45, 7) is 2.03. The summed E-state index contributed by atoms with van der Waals surface area (Å²) < 4.78 is 0. The SMILES string of the molecule is [B]CCC#CCC. The van der Waals surface area contributed by atoms with E-state index in [0.717, 1.165) is 12.8 Å². The molecule has 0 aliphatic carbocycles. The van der Waals surface area contributed by atoms with Crippen LogP contribution in [0, 0.1) is 11.8 Å². The van der Waals surface area contributed by atoms with Gasteiger partial charge in [0.2, 0.25) is 0 Å². The standard InChI is InChI=1S/C6H9B/c1-2-3-4-5-6-7/h2,5-6H2,1H3. The fourth-order valence-corrected chi connectivity index (χ4v) is 0.286. The van der Waals surface area contributed by atoms with E-state index in [-0.39, 0.29) is 0 Å². The molecule has 7 heavy (non-hydrogen) atoms. The zero-order valence-corrected chi connectivity index (χ0v) is 4.70. The lowest BCUT2D eigenvalue weighted by Crippen LogP contribution is -1.63. The molecule has 0 spiro atoms. The topological polar surface area (TPSA) is 0 Å². The summed E-state index contributed by atoms with van der Waals surface area (Å²) >= 11 is 0. The second-order valence-corrected chi connectivity index (χ2v) is 1.25. The van der Waals surface area contributed by atoms with Crippen LogP contribution in [0.4, 0.5) is 0 Å². The molecule has 0 bridgehead atoms. The number of hydrogen-bond acceptors (Lipinski definition) is 0. The zero-order valence-electron chi connectivity index (χ0n) is 4.70. The summed E-state index contributed by atoms with van der Waals surface area (Å²) in [5, 5.41) is 0. The van der Waals surface area contributed by atoms with E-state index in [1.165, 1.54) is 0 Å². The molecule has 0 unspecified atom stereocenters. The van der Waals surface area contributed by atoms with Gasteiger partial charge in [0.05, 0.1) is 7.85 Å². The van der Waals surface area contributed by atoms with Crippen molar-refractivity contribution in [3.8, 4) is 11.8 Å². The van der Waals surface area contributed by atoms with E-state index in [2.05, 4.69) is 11.8 Å². The van der Waals surface area contributed by atoms with Gasteiger partial charge >= 0.3 is 0 Å². The minimum Gasteiger partial charge on any atom is -0.104 e. The quantitative estimate of drug-likeness (QED) is 0.338. The Kier molecular flexibility index (Phi) is 5.32. The maximum atomic E-state index is 5.17. The highest BCUT2D eigenvalue weighted by Gasteiger charge is 1.66. The van der Waals surface area contributed by atoms with Gasteiger partial charge in [-0.05, 0) is 0 Å². The Hall–Kier alpha value is -0.375. The Balaban J connectivity index is 2.91. The molecule has 0 aromatic heterocycles. The molecule has 1 heteroatoms. The molecule has 0 fully saturated rings. The molecule has 0 atom stereocenters. The maximum absolute atomic E-state index is 5.17. The highest BCUT2D eigenvalue weighted by Crippen LogP contribution is 1.78. The van der Waals surface area contributed by atoms with Crippen molar-refractivity contribution in [3.63, 3.8) is 0 Å². The molecule has 0 aliphatic rings. The number of hydrogen-bond donors (Lipinski definition) is 0. The van der Waals surface area contributed by atoms with Gasteiger partial charge in [-0.15, -0.1) is 11.8 Å². The third-order valence-corrected chi connectivity index (χ3v) is 0.571. The van der Waals surface area contributed by atoms with Gasteiger partial charge in [-0.2, -0.15) is 0 Å². The highest BCUT2D eigenvalue weighted by atomic mass is 13.7. The average molecular weight is 91.9 g/mol. The van der Waals surface area contributed by atoms with Crippen LogP contribution in [0.15, 0.2) is 0 Å². The van der Waals surface area contributed by atoms with Crippen LogP contribution in [0.2, 0.25) is 6.32 Å². The summed E-state index contributed by atoms with van der Waals surface area (Å²) in [6.07, 6.45) is 2.47. The largest absolute Gasteiger partial charge is 0.104 e. The van der Waals surface area contributed by atoms with E-state index in [1.807, 2.05) is 6.92 Å². The van der Waals surface area contributed by atoms with Gasteiger partial charge in [0.15, 0.2) is 0 Å². The van der Waals surface area contributed by atoms with Crippen molar-refractivity contribution >= 4 is 7.85 Å².